The smallest absolute Gasteiger partial charge is 0.119 e. The lowest BCUT2D eigenvalue weighted by Crippen LogP contribution is -2.32. The minimum atomic E-state index is 0.609. The molecule has 136 valence electrons. The van der Waals surface area contributed by atoms with Crippen LogP contribution < -0.4 is 9.47 Å². The Morgan fingerprint density at radius 1 is 1.00 bits per heavy atom. The first-order valence-corrected chi connectivity index (χ1v) is 9.27. The standard InChI is InChI=1S/C22H26N2O2/c1-25-18-5-3-4-16(12-18)15-24-10-8-17(9-11-24)21-14-23-22-7-6-19(26-2)13-20(21)22/h3-7,12-14,17,23H,8-11,15H2,1-2H3. The van der Waals surface area contributed by atoms with Gasteiger partial charge >= 0.3 is 0 Å². The molecular weight excluding hydrogens is 324 g/mol. The lowest BCUT2D eigenvalue weighted by atomic mass is 9.89. The molecule has 0 spiro atoms. The van der Waals surface area contributed by atoms with E-state index in [2.05, 4.69) is 46.4 Å². The Bertz CT molecular complexity index is 879. The number of rotatable bonds is 5. The predicted molar refractivity (Wildman–Crippen MR) is 105 cm³/mol. The van der Waals surface area contributed by atoms with Crippen LogP contribution >= 0.6 is 0 Å². The maximum atomic E-state index is 5.40. The molecule has 0 saturated carbocycles. The van der Waals surface area contributed by atoms with Gasteiger partial charge in [0.05, 0.1) is 14.2 Å². The van der Waals surface area contributed by atoms with E-state index in [4.69, 9.17) is 9.47 Å². The van der Waals surface area contributed by atoms with Crippen LogP contribution in [0.25, 0.3) is 10.9 Å². The monoisotopic (exact) mass is 350 g/mol. The molecule has 4 rings (SSSR count). The second-order valence-corrected chi connectivity index (χ2v) is 7.06. The average Bonchev–Trinajstić information content (AvgIpc) is 3.12. The van der Waals surface area contributed by atoms with E-state index >= 15 is 0 Å². The summed E-state index contributed by atoms with van der Waals surface area (Å²) in [6, 6.07) is 14.7. The summed E-state index contributed by atoms with van der Waals surface area (Å²) in [5.74, 6) is 2.47. The highest BCUT2D eigenvalue weighted by molar-refractivity contribution is 5.85. The third-order valence-electron chi connectivity index (χ3n) is 5.49. The lowest BCUT2D eigenvalue weighted by Gasteiger charge is -2.32. The highest BCUT2D eigenvalue weighted by Crippen LogP contribution is 2.35. The van der Waals surface area contributed by atoms with Gasteiger partial charge in [-0.2, -0.15) is 0 Å². The maximum absolute atomic E-state index is 5.40. The summed E-state index contributed by atoms with van der Waals surface area (Å²) in [4.78, 5) is 5.96. The number of hydrogen-bond donors (Lipinski definition) is 1. The number of H-pyrrole nitrogens is 1. The molecule has 4 nitrogen and oxygen atoms in total. The number of ether oxygens (including phenoxy) is 2. The van der Waals surface area contributed by atoms with Gasteiger partial charge in [-0.1, -0.05) is 12.1 Å². The first kappa shape index (κ1) is 17.0. The van der Waals surface area contributed by atoms with Gasteiger partial charge in [-0.15, -0.1) is 0 Å². The molecule has 0 bridgehead atoms. The SMILES string of the molecule is COc1cccc(CN2CCC(c3c[nH]c4ccc(OC)cc34)CC2)c1. The zero-order valence-corrected chi connectivity index (χ0v) is 15.5. The first-order chi connectivity index (χ1) is 12.8. The fourth-order valence-electron chi connectivity index (χ4n) is 4.02. The molecule has 3 aromatic rings. The van der Waals surface area contributed by atoms with Crippen LogP contribution in [0.15, 0.2) is 48.7 Å². The number of benzene rings is 2. The molecule has 1 aromatic heterocycles. The van der Waals surface area contributed by atoms with Gasteiger partial charge in [-0.05, 0) is 73.3 Å². The fraction of sp³-hybridized carbons (Fsp3) is 0.364. The summed E-state index contributed by atoms with van der Waals surface area (Å²) in [6.07, 6.45) is 4.56. The van der Waals surface area contributed by atoms with Crippen LogP contribution in [-0.2, 0) is 6.54 Å². The Morgan fingerprint density at radius 2 is 1.77 bits per heavy atom. The zero-order chi connectivity index (χ0) is 17.9. The number of likely N-dealkylation sites (tertiary alicyclic amines) is 1. The minimum absolute atomic E-state index is 0.609. The highest BCUT2D eigenvalue weighted by atomic mass is 16.5. The molecule has 2 heterocycles. The van der Waals surface area contributed by atoms with Crippen LogP contribution in [0, 0.1) is 0 Å². The Morgan fingerprint density at radius 3 is 2.54 bits per heavy atom. The van der Waals surface area contributed by atoms with Crippen LogP contribution in [0.1, 0.15) is 29.9 Å². The van der Waals surface area contributed by atoms with Crippen molar-refractivity contribution in [3.05, 3.63) is 59.8 Å². The van der Waals surface area contributed by atoms with E-state index in [1.807, 2.05) is 12.1 Å². The number of nitrogens with zero attached hydrogens (tertiary/aromatic N) is 1. The van der Waals surface area contributed by atoms with E-state index < -0.39 is 0 Å². The zero-order valence-electron chi connectivity index (χ0n) is 15.5. The van der Waals surface area contributed by atoms with Crippen LogP contribution in [0.5, 0.6) is 11.5 Å². The fourth-order valence-corrected chi connectivity index (χ4v) is 4.02. The molecule has 1 saturated heterocycles. The third kappa shape index (κ3) is 3.42. The van der Waals surface area contributed by atoms with E-state index in [1.165, 1.54) is 34.9 Å². The van der Waals surface area contributed by atoms with Gasteiger partial charge in [0.15, 0.2) is 0 Å². The maximum Gasteiger partial charge on any atom is 0.119 e. The van der Waals surface area contributed by atoms with Crippen LogP contribution in [0.2, 0.25) is 0 Å². The molecule has 1 N–H and O–H groups in total. The van der Waals surface area contributed by atoms with Crippen molar-refractivity contribution in [2.75, 3.05) is 27.3 Å². The van der Waals surface area contributed by atoms with E-state index in [1.54, 1.807) is 14.2 Å². The molecule has 0 atom stereocenters. The number of aromatic amines is 1. The summed E-state index contributed by atoms with van der Waals surface area (Å²) in [7, 11) is 3.45. The Balaban J connectivity index is 1.43. The molecule has 0 radical (unpaired) electrons. The van der Waals surface area contributed by atoms with Gasteiger partial charge in [-0.3, -0.25) is 4.90 Å². The lowest BCUT2D eigenvalue weighted by molar-refractivity contribution is 0.205. The van der Waals surface area contributed by atoms with Crippen molar-refractivity contribution in [3.8, 4) is 11.5 Å². The van der Waals surface area contributed by atoms with Crippen LogP contribution in [0.3, 0.4) is 0 Å². The van der Waals surface area contributed by atoms with Crippen molar-refractivity contribution in [2.24, 2.45) is 0 Å². The molecule has 2 aromatic carbocycles. The van der Waals surface area contributed by atoms with Gasteiger partial charge in [0, 0.05) is 23.6 Å². The molecule has 4 heteroatoms. The summed E-state index contributed by atoms with van der Waals surface area (Å²) in [6.45, 7) is 3.24. The quantitative estimate of drug-likeness (QED) is 0.733. The van der Waals surface area contributed by atoms with Crippen LogP contribution in [0.4, 0.5) is 0 Å². The number of fused-ring (bicyclic) bond motifs is 1. The summed E-state index contributed by atoms with van der Waals surface area (Å²) < 4.78 is 10.7. The van der Waals surface area contributed by atoms with Crippen molar-refractivity contribution < 1.29 is 9.47 Å². The number of aromatic nitrogens is 1. The van der Waals surface area contributed by atoms with Gasteiger partial charge in [0.2, 0.25) is 0 Å². The van der Waals surface area contributed by atoms with Gasteiger partial charge < -0.3 is 14.5 Å². The van der Waals surface area contributed by atoms with E-state index in [0.717, 1.165) is 31.1 Å². The van der Waals surface area contributed by atoms with Crippen molar-refractivity contribution in [3.63, 3.8) is 0 Å². The molecule has 1 aliphatic rings. The largest absolute Gasteiger partial charge is 0.497 e. The number of hydrogen-bond acceptors (Lipinski definition) is 3. The van der Waals surface area contributed by atoms with Crippen molar-refractivity contribution in [2.45, 2.75) is 25.3 Å². The third-order valence-corrected chi connectivity index (χ3v) is 5.49. The minimum Gasteiger partial charge on any atom is -0.497 e. The molecule has 1 fully saturated rings. The second kappa shape index (κ2) is 7.42. The second-order valence-electron chi connectivity index (χ2n) is 7.06. The number of piperidine rings is 1. The van der Waals surface area contributed by atoms with Gasteiger partial charge in [0.25, 0.3) is 0 Å². The van der Waals surface area contributed by atoms with Crippen molar-refractivity contribution in [1.29, 1.82) is 0 Å². The molecular formula is C22H26N2O2. The molecule has 26 heavy (non-hydrogen) atoms. The summed E-state index contributed by atoms with van der Waals surface area (Å²) in [5, 5.41) is 1.30. The Labute approximate surface area is 154 Å². The van der Waals surface area contributed by atoms with Gasteiger partial charge in [0.1, 0.15) is 11.5 Å². The average molecular weight is 350 g/mol. The van der Waals surface area contributed by atoms with E-state index in [-0.39, 0.29) is 0 Å². The first-order valence-electron chi connectivity index (χ1n) is 9.27. The number of methoxy groups -OCH3 is 2. The molecule has 0 aliphatic carbocycles. The van der Waals surface area contributed by atoms with Gasteiger partial charge in [-0.25, -0.2) is 0 Å². The molecule has 1 aliphatic heterocycles. The summed E-state index contributed by atoms with van der Waals surface area (Å²) in [5.41, 5.74) is 3.94. The van der Waals surface area contributed by atoms with Crippen LogP contribution in [-0.4, -0.2) is 37.2 Å². The van der Waals surface area contributed by atoms with Crippen molar-refractivity contribution >= 4 is 10.9 Å². The van der Waals surface area contributed by atoms with Crippen molar-refractivity contribution in [1.82, 2.24) is 9.88 Å². The predicted octanol–water partition coefficient (Wildman–Crippen LogP) is 4.56. The Kier molecular flexibility index (Phi) is 4.85. The molecule has 0 amide bonds. The highest BCUT2D eigenvalue weighted by Gasteiger charge is 2.23. The Hall–Kier alpha value is -2.46. The normalized spacial score (nSPS) is 16.1. The molecule has 0 unspecified atom stereocenters. The number of nitrogens with one attached hydrogen (secondary N) is 1. The summed E-state index contributed by atoms with van der Waals surface area (Å²) >= 11 is 0. The topological polar surface area (TPSA) is 37.5 Å². The van der Waals surface area contributed by atoms with E-state index in [0.29, 0.717) is 5.92 Å². The van der Waals surface area contributed by atoms with E-state index in [9.17, 15) is 0 Å².